The Hall–Kier alpha value is -3.02. The van der Waals surface area contributed by atoms with Crippen molar-refractivity contribution >= 4 is 58.3 Å². The van der Waals surface area contributed by atoms with E-state index in [2.05, 4.69) is 4.98 Å². The minimum atomic E-state index is -3.38. The van der Waals surface area contributed by atoms with Gasteiger partial charge in [0.05, 0.1) is 4.90 Å². The first-order valence-electron chi connectivity index (χ1n) is 9.83. The van der Waals surface area contributed by atoms with Gasteiger partial charge in [-0.1, -0.05) is 0 Å². The van der Waals surface area contributed by atoms with Gasteiger partial charge in [0.25, 0.3) is 0 Å². The Morgan fingerprint density at radius 2 is 1.88 bits per heavy atom. The number of benzene rings is 1. The van der Waals surface area contributed by atoms with E-state index in [1.807, 2.05) is 0 Å². The second-order valence-electron chi connectivity index (χ2n) is 7.56. The van der Waals surface area contributed by atoms with Crippen molar-refractivity contribution in [3.05, 3.63) is 56.3 Å². The molecule has 0 aliphatic carbocycles. The zero-order valence-corrected chi connectivity index (χ0v) is 21.4. The Kier molecular flexibility index (Phi) is 6.36. The molecule has 1 amide bonds. The van der Waals surface area contributed by atoms with E-state index in [4.69, 9.17) is 5.11 Å². The van der Waals surface area contributed by atoms with Gasteiger partial charge in [-0.05, 0) is 0 Å². The number of amides is 1. The predicted molar refractivity (Wildman–Crippen MR) is 123 cm³/mol. The summed E-state index contributed by atoms with van der Waals surface area (Å²) in [6.45, 7) is 0.446. The second-order valence-corrected chi connectivity index (χ2v) is 13.1. The van der Waals surface area contributed by atoms with Gasteiger partial charge < -0.3 is 0 Å². The second kappa shape index (κ2) is 8.97. The van der Waals surface area contributed by atoms with E-state index in [1.165, 1.54) is 28.7 Å². The molecule has 11 nitrogen and oxygen atoms in total. The Labute approximate surface area is 203 Å². The molecule has 1 atom stereocenters. The van der Waals surface area contributed by atoms with E-state index >= 15 is 0 Å². The standard InChI is InChI=1S/C20H18AsN3O8S2/c1-34(31,32)11-4-2-10(3-5-11)18(29)23-7-6-12-13(9-23)33-20-22-17(28)15(19(30)24(12)20)16(27)21-8-14(25)26/h2-5,21,28H,6-9H2,1H3,(H,25,26). The number of sulfone groups is 1. The maximum absolute atomic E-state index is 13.0. The fourth-order valence-electron chi connectivity index (χ4n) is 3.60. The molecule has 178 valence electrons. The third-order valence-corrected chi connectivity index (χ3v) is 9.64. The van der Waals surface area contributed by atoms with Crippen LogP contribution in [0.3, 0.4) is 0 Å². The molecule has 0 saturated heterocycles. The number of rotatable bonds is 6. The molecule has 2 aromatic heterocycles. The van der Waals surface area contributed by atoms with Crippen molar-refractivity contribution in [2.24, 2.45) is 0 Å². The molecule has 14 heteroatoms. The number of carboxylic acid groups (broad SMARTS) is 1. The van der Waals surface area contributed by atoms with E-state index in [0.29, 0.717) is 22.6 Å². The van der Waals surface area contributed by atoms with Crippen LogP contribution in [0.4, 0.5) is 0 Å². The van der Waals surface area contributed by atoms with Crippen molar-refractivity contribution < 1.29 is 33.0 Å². The Bertz CT molecular complexity index is 1510. The molecular weight excluding hydrogens is 549 g/mol. The number of aromatic hydroxyl groups is 1. The van der Waals surface area contributed by atoms with E-state index in [1.54, 1.807) is 4.90 Å². The number of aliphatic carboxylic acids is 1. The third kappa shape index (κ3) is 4.50. The van der Waals surface area contributed by atoms with Crippen LogP contribution in [-0.2, 0) is 27.6 Å². The van der Waals surface area contributed by atoms with E-state index < -0.39 is 53.1 Å². The van der Waals surface area contributed by atoms with E-state index in [-0.39, 0.29) is 34.1 Å². The van der Waals surface area contributed by atoms with Gasteiger partial charge in [-0.25, -0.2) is 8.42 Å². The summed E-state index contributed by atoms with van der Waals surface area (Å²) in [6.07, 6.45) is 1.38. The zero-order chi connectivity index (χ0) is 24.8. The molecule has 1 aliphatic rings. The molecule has 34 heavy (non-hydrogen) atoms. The summed E-state index contributed by atoms with van der Waals surface area (Å²) in [4.78, 5) is 55.6. The molecule has 0 spiro atoms. The molecular formula is C20H18AsN3O8S2. The SMILES string of the molecule is CS(=O)(=O)c1ccc(C(=O)N2CCc3c(sc4nc(O)c(C(=O)[AsH]CC(=O)O)c(=O)n34)C2)cc1. The number of carboxylic acids is 1. The predicted octanol–water partition coefficient (Wildman–Crippen LogP) is 0.143. The first kappa shape index (κ1) is 24.1. The van der Waals surface area contributed by atoms with Gasteiger partial charge in [-0.3, -0.25) is 0 Å². The quantitative estimate of drug-likeness (QED) is 0.395. The fraction of sp³-hybridized carbons (Fsp3) is 0.250. The monoisotopic (exact) mass is 567 g/mol. The summed E-state index contributed by atoms with van der Waals surface area (Å²) in [5.74, 6) is -2.17. The van der Waals surface area contributed by atoms with Crippen molar-refractivity contribution in [3.63, 3.8) is 0 Å². The van der Waals surface area contributed by atoms with Crippen LogP contribution in [0.25, 0.3) is 4.96 Å². The third-order valence-electron chi connectivity index (χ3n) is 5.24. The van der Waals surface area contributed by atoms with Crippen LogP contribution in [0.5, 0.6) is 5.88 Å². The summed E-state index contributed by atoms with van der Waals surface area (Å²) < 4.78 is 23.8. The van der Waals surface area contributed by atoms with Crippen molar-refractivity contribution in [3.8, 4) is 5.88 Å². The summed E-state index contributed by atoms with van der Waals surface area (Å²) in [5, 5.41) is 18.6. The van der Waals surface area contributed by atoms with Crippen molar-refractivity contribution in [2.45, 2.75) is 23.1 Å². The summed E-state index contributed by atoms with van der Waals surface area (Å²) in [5.41, 5.74) is -0.332. The Balaban J connectivity index is 1.64. The molecule has 0 fully saturated rings. The molecule has 1 unspecified atom stereocenters. The van der Waals surface area contributed by atoms with Crippen LogP contribution in [0, 0.1) is 0 Å². The number of hydrogen-bond acceptors (Lipinski definition) is 9. The number of thiazole rings is 1. The normalized spacial score (nSPS) is 14.0. The fourth-order valence-corrected chi connectivity index (χ4v) is 6.89. The number of carbonyl (C=O) groups excluding carboxylic acids is 2. The van der Waals surface area contributed by atoms with Crippen LogP contribution in [0.15, 0.2) is 34.0 Å². The summed E-state index contributed by atoms with van der Waals surface area (Å²) >= 11 is -0.572. The zero-order valence-electron chi connectivity index (χ0n) is 17.6. The summed E-state index contributed by atoms with van der Waals surface area (Å²) in [6, 6.07) is 5.63. The number of aromatic nitrogens is 2. The van der Waals surface area contributed by atoms with Crippen molar-refractivity contribution in [1.29, 1.82) is 0 Å². The van der Waals surface area contributed by atoms with Crippen LogP contribution in [0.2, 0.25) is 5.21 Å². The Morgan fingerprint density at radius 3 is 2.50 bits per heavy atom. The number of carbonyl (C=O) groups is 3. The molecule has 0 bridgehead atoms. The van der Waals surface area contributed by atoms with Gasteiger partial charge in [-0.15, -0.1) is 0 Å². The number of hydrogen-bond donors (Lipinski definition) is 2. The minimum absolute atomic E-state index is 0.108. The topological polar surface area (TPSA) is 163 Å². The first-order valence-corrected chi connectivity index (χ1v) is 15.1. The van der Waals surface area contributed by atoms with Gasteiger partial charge >= 0.3 is 174 Å². The molecule has 3 aromatic rings. The van der Waals surface area contributed by atoms with Crippen LogP contribution < -0.4 is 5.56 Å². The number of fused-ring (bicyclic) bond motifs is 3. The molecule has 3 heterocycles. The van der Waals surface area contributed by atoms with Gasteiger partial charge in [0.1, 0.15) is 0 Å². The average molecular weight is 567 g/mol. The maximum atomic E-state index is 13.0. The van der Waals surface area contributed by atoms with E-state index in [9.17, 15) is 32.7 Å². The molecule has 1 aliphatic heterocycles. The van der Waals surface area contributed by atoms with Gasteiger partial charge in [0, 0.05) is 6.26 Å². The molecule has 0 saturated carbocycles. The van der Waals surface area contributed by atoms with Crippen LogP contribution in [0.1, 0.15) is 31.3 Å². The van der Waals surface area contributed by atoms with E-state index in [0.717, 1.165) is 17.6 Å². The van der Waals surface area contributed by atoms with Gasteiger partial charge in [-0.2, -0.15) is 0 Å². The first-order chi connectivity index (χ1) is 16.0. The molecule has 0 radical (unpaired) electrons. The van der Waals surface area contributed by atoms with Gasteiger partial charge in [0.2, 0.25) is 0 Å². The Morgan fingerprint density at radius 1 is 1.21 bits per heavy atom. The van der Waals surface area contributed by atoms with Crippen LogP contribution >= 0.6 is 11.3 Å². The van der Waals surface area contributed by atoms with Crippen LogP contribution in [-0.4, -0.2) is 77.9 Å². The van der Waals surface area contributed by atoms with Crippen molar-refractivity contribution in [1.82, 2.24) is 14.3 Å². The average Bonchev–Trinajstić information content (AvgIpc) is 3.14. The summed E-state index contributed by atoms with van der Waals surface area (Å²) in [7, 11) is -3.38. The molecule has 4 rings (SSSR count). The molecule has 2 N–H and O–H groups in total. The number of nitrogens with zero attached hydrogens (tertiary/aromatic N) is 3. The van der Waals surface area contributed by atoms with Gasteiger partial charge in [0.15, 0.2) is 9.84 Å². The molecule has 1 aromatic carbocycles. The van der Waals surface area contributed by atoms with Crippen molar-refractivity contribution in [2.75, 3.05) is 12.8 Å².